The van der Waals surface area contributed by atoms with Crippen molar-refractivity contribution < 1.29 is 17.6 Å². The van der Waals surface area contributed by atoms with Gasteiger partial charge in [-0.1, -0.05) is 18.2 Å². The third kappa shape index (κ3) is 4.79. The predicted octanol–water partition coefficient (Wildman–Crippen LogP) is 3.08. The van der Waals surface area contributed by atoms with Crippen LogP contribution in [0.1, 0.15) is 35.8 Å². The molecular weight excluding hydrogens is 331 g/mol. The van der Waals surface area contributed by atoms with Crippen molar-refractivity contribution in [3.8, 4) is 0 Å². The highest BCUT2D eigenvalue weighted by Gasteiger charge is 2.13. The van der Waals surface area contributed by atoms with Gasteiger partial charge in [0.1, 0.15) is 5.82 Å². The topological polar surface area (TPSA) is 75.3 Å². The summed E-state index contributed by atoms with van der Waals surface area (Å²) in [6, 6.07) is 11.8. The van der Waals surface area contributed by atoms with Crippen molar-refractivity contribution in [2.24, 2.45) is 0 Å². The first-order chi connectivity index (χ1) is 11.3. The second-order valence-electron chi connectivity index (χ2n) is 5.33. The molecule has 0 radical (unpaired) electrons. The minimum Gasteiger partial charge on any atom is -0.346 e. The fraction of sp³-hybridized carbons (Fsp3) is 0.235. The van der Waals surface area contributed by atoms with Gasteiger partial charge in [0.05, 0.1) is 11.8 Å². The molecule has 5 nitrogen and oxygen atoms in total. The highest BCUT2D eigenvalue weighted by molar-refractivity contribution is 7.92. The third-order valence-corrected chi connectivity index (χ3v) is 4.80. The summed E-state index contributed by atoms with van der Waals surface area (Å²) < 4.78 is 38.5. The van der Waals surface area contributed by atoms with Crippen LogP contribution in [0.3, 0.4) is 0 Å². The lowest BCUT2D eigenvalue weighted by Gasteiger charge is -2.15. The second kappa shape index (κ2) is 7.44. The molecule has 24 heavy (non-hydrogen) atoms. The Kier molecular flexibility index (Phi) is 5.56. The molecule has 0 saturated heterocycles. The highest BCUT2D eigenvalue weighted by atomic mass is 32.2. The van der Waals surface area contributed by atoms with Crippen molar-refractivity contribution in [2.45, 2.75) is 19.9 Å². The van der Waals surface area contributed by atoms with E-state index in [1.54, 1.807) is 37.3 Å². The summed E-state index contributed by atoms with van der Waals surface area (Å²) in [4.78, 5) is 12.3. The van der Waals surface area contributed by atoms with Crippen LogP contribution >= 0.6 is 0 Å². The number of anilines is 1. The lowest BCUT2D eigenvalue weighted by Crippen LogP contribution is -2.26. The average Bonchev–Trinajstić information content (AvgIpc) is 2.55. The Morgan fingerprint density at radius 2 is 1.83 bits per heavy atom. The summed E-state index contributed by atoms with van der Waals surface area (Å²) in [5.74, 6) is -0.733. The van der Waals surface area contributed by atoms with E-state index in [4.69, 9.17) is 0 Å². The van der Waals surface area contributed by atoms with E-state index >= 15 is 0 Å². The van der Waals surface area contributed by atoms with Crippen molar-refractivity contribution in [3.63, 3.8) is 0 Å². The Labute approximate surface area is 141 Å². The van der Waals surface area contributed by atoms with E-state index < -0.39 is 10.0 Å². The molecule has 2 aromatic rings. The van der Waals surface area contributed by atoms with E-state index in [9.17, 15) is 17.6 Å². The monoisotopic (exact) mass is 350 g/mol. The molecule has 0 fully saturated rings. The van der Waals surface area contributed by atoms with Gasteiger partial charge in [0.15, 0.2) is 0 Å². The van der Waals surface area contributed by atoms with Gasteiger partial charge in [-0.3, -0.25) is 9.52 Å². The second-order valence-corrected chi connectivity index (χ2v) is 7.34. The minimum atomic E-state index is -3.40. The molecule has 2 aromatic carbocycles. The molecule has 0 heterocycles. The van der Waals surface area contributed by atoms with Crippen LogP contribution in [-0.4, -0.2) is 20.1 Å². The largest absolute Gasteiger partial charge is 0.346 e. The van der Waals surface area contributed by atoms with Crippen molar-refractivity contribution in [3.05, 3.63) is 65.5 Å². The van der Waals surface area contributed by atoms with Gasteiger partial charge in [-0.15, -0.1) is 0 Å². The third-order valence-electron chi connectivity index (χ3n) is 3.50. The van der Waals surface area contributed by atoms with E-state index in [-0.39, 0.29) is 23.5 Å². The number of hydrogen-bond donors (Lipinski definition) is 2. The van der Waals surface area contributed by atoms with Gasteiger partial charge in [-0.25, -0.2) is 12.8 Å². The van der Waals surface area contributed by atoms with Crippen molar-refractivity contribution in [1.82, 2.24) is 5.32 Å². The SMILES string of the molecule is CCS(=O)(=O)Nc1cccc(C(=O)N[C@H](C)c2ccc(F)cc2)c1. The van der Waals surface area contributed by atoms with Crippen LogP contribution in [0.5, 0.6) is 0 Å². The van der Waals surface area contributed by atoms with Crippen LogP contribution < -0.4 is 10.0 Å². The number of benzene rings is 2. The lowest BCUT2D eigenvalue weighted by atomic mass is 10.1. The number of nitrogens with one attached hydrogen (secondary N) is 2. The van der Waals surface area contributed by atoms with E-state index in [0.717, 1.165) is 5.56 Å². The maximum atomic E-state index is 12.9. The molecule has 7 heteroatoms. The van der Waals surface area contributed by atoms with Gasteiger partial charge in [-0.05, 0) is 49.7 Å². The first kappa shape index (κ1) is 17.9. The molecule has 0 unspecified atom stereocenters. The van der Waals surface area contributed by atoms with Gasteiger partial charge in [0.25, 0.3) is 5.91 Å². The number of halogens is 1. The van der Waals surface area contributed by atoms with Gasteiger partial charge < -0.3 is 5.32 Å². The maximum absolute atomic E-state index is 12.9. The number of hydrogen-bond acceptors (Lipinski definition) is 3. The van der Waals surface area contributed by atoms with E-state index in [1.807, 2.05) is 0 Å². The Morgan fingerprint density at radius 1 is 1.17 bits per heavy atom. The number of amides is 1. The summed E-state index contributed by atoms with van der Waals surface area (Å²) in [5, 5.41) is 2.80. The van der Waals surface area contributed by atoms with Gasteiger partial charge in [-0.2, -0.15) is 0 Å². The minimum absolute atomic E-state index is 0.0506. The Hall–Kier alpha value is -2.41. The molecule has 0 aromatic heterocycles. The molecule has 0 aliphatic heterocycles. The number of carbonyl (C=O) groups is 1. The fourth-order valence-corrected chi connectivity index (χ4v) is 2.72. The van der Waals surface area contributed by atoms with Crippen molar-refractivity contribution in [1.29, 1.82) is 0 Å². The van der Waals surface area contributed by atoms with Crippen molar-refractivity contribution in [2.75, 3.05) is 10.5 Å². The molecule has 0 spiro atoms. The van der Waals surface area contributed by atoms with E-state index in [0.29, 0.717) is 11.3 Å². The molecule has 0 saturated carbocycles. The zero-order chi connectivity index (χ0) is 17.7. The molecule has 0 bridgehead atoms. The standard InChI is InChI=1S/C17H19FN2O3S/c1-3-24(22,23)20-16-6-4-5-14(11-16)17(21)19-12(2)13-7-9-15(18)10-8-13/h4-12,20H,3H2,1-2H3,(H,19,21)/t12-/m1/s1. The molecule has 1 amide bonds. The number of carbonyl (C=O) groups excluding carboxylic acids is 1. The van der Waals surface area contributed by atoms with Crippen molar-refractivity contribution >= 4 is 21.6 Å². The summed E-state index contributed by atoms with van der Waals surface area (Å²) in [6.45, 7) is 3.32. The van der Waals surface area contributed by atoms with Crippen LogP contribution in [0.25, 0.3) is 0 Å². The van der Waals surface area contributed by atoms with Gasteiger partial charge in [0.2, 0.25) is 10.0 Å². The van der Waals surface area contributed by atoms with E-state index in [2.05, 4.69) is 10.0 Å². The predicted molar refractivity (Wildman–Crippen MR) is 91.8 cm³/mol. The summed E-state index contributed by atoms with van der Waals surface area (Å²) >= 11 is 0. The molecule has 0 aliphatic carbocycles. The molecule has 128 valence electrons. The van der Waals surface area contributed by atoms with Crippen LogP contribution in [0.15, 0.2) is 48.5 Å². The van der Waals surface area contributed by atoms with Crippen LogP contribution in [0.2, 0.25) is 0 Å². The quantitative estimate of drug-likeness (QED) is 0.841. The van der Waals surface area contributed by atoms with Gasteiger partial charge in [0, 0.05) is 11.3 Å². The zero-order valence-corrected chi connectivity index (χ0v) is 14.2. The van der Waals surface area contributed by atoms with Gasteiger partial charge >= 0.3 is 0 Å². The zero-order valence-electron chi connectivity index (χ0n) is 13.4. The Balaban J connectivity index is 2.11. The molecule has 1 atom stereocenters. The van der Waals surface area contributed by atoms with Crippen LogP contribution in [-0.2, 0) is 10.0 Å². The fourth-order valence-electron chi connectivity index (χ4n) is 2.09. The van der Waals surface area contributed by atoms with Crippen LogP contribution in [0.4, 0.5) is 10.1 Å². The Bertz CT molecular complexity index is 820. The normalized spacial score (nSPS) is 12.5. The molecule has 2 rings (SSSR count). The summed E-state index contributed by atoms with van der Waals surface area (Å²) in [6.07, 6.45) is 0. The smallest absolute Gasteiger partial charge is 0.251 e. The summed E-state index contributed by atoms with van der Waals surface area (Å²) in [7, 11) is -3.40. The molecule has 2 N–H and O–H groups in total. The first-order valence-corrected chi connectivity index (χ1v) is 9.13. The maximum Gasteiger partial charge on any atom is 0.251 e. The molecule has 0 aliphatic rings. The molecular formula is C17H19FN2O3S. The number of sulfonamides is 1. The van der Waals surface area contributed by atoms with Crippen LogP contribution in [0, 0.1) is 5.82 Å². The highest BCUT2D eigenvalue weighted by Crippen LogP contribution is 2.16. The Morgan fingerprint density at radius 3 is 2.46 bits per heavy atom. The summed E-state index contributed by atoms with van der Waals surface area (Å²) in [5.41, 5.74) is 1.44. The lowest BCUT2D eigenvalue weighted by molar-refractivity contribution is 0.0940. The average molecular weight is 350 g/mol. The number of rotatable bonds is 6. The van der Waals surface area contributed by atoms with E-state index in [1.165, 1.54) is 25.1 Å². The first-order valence-electron chi connectivity index (χ1n) is 7.47.